The number of piperidine rings is 2. The summed E-state index contributed by atoms with van der Waals surface area (Å²) in [5.41, 5.74) is 5.80. The molecule has 2 aromatic carbocycles. The molecule has 1 N–H and O–H groups in total. The number of nitrogens with zero attached hydrogens (tertiary/aromatic N) is 5. The number of pyridine rings is 1. The fourth-order valence-electron chi connectivity index (χ4n) is 7.98. The van der Waals surface area contributed by atoms with Crippen LogP contribution in [0.25, 0.3) is 22.2 Å². The number of fused-ring (bicyclic) bond motifs is 2. The molecule has 0 radical (unpaired) electrons. The van der Waals surface area contributed by atoms with Crippen LogP contribution in [0.2, 0.25) is 0 Å². The van der Waals surface area contributed by atoms with Gasteiger partial charge in [0.1, 0.15) is 17.5 Å². The number of rotatable bonds is 7. The third-order valence-electron chi connectivity index (χ3n) is 10.8. The van der Waals surface area contributed by atoms with Crippen LogP contribution in [0, 0.1) is 5.41 Å². The molecule has 2 aromatic heterocycles. The number of imide groups is 1. The summed E-state index contributed by atoms with van der Waals surface area (Å²) in [6.45, 7) is 4.80. The minimum absolute atomic E-state index is 0.144. The molecular formula is C36H38N6O7. The molecule has 4 aliphatic rings. The van der Waals surface area contributed by atoms with Gasteiger partial charge in [-0.3, -0.25) is 29.4 Å². The van der Waals surface area contributed by atoms with E-state index in [-0.39, 0.29) is 34.7 Å². The number of hydrogen-bond acceptors (Lipinski definition) is 10. The first-order valence-corrected chi connectivity index (χ1v) is 16.6. The number of aryl methyl sites for hydroxylation is 1. The van der Waals surface area contributed by atoms with Gasteiger partial charge in [0.25, 0.3) is 11.5 Å². The molecule has 0 aliphatic carbocycles. The van der Waals surface area contributed by atoms with Crippen LogP contribution in [-0.4, -0.2) is 83.5 Å². The summed E-state index contributed by atoms with van der Waals surface area (Å²) >= 11 is 0. The number of carbonyl (C=O) groups is 3. The van der Waals surface area contributed by atoms with Crippen LogP contribution in [0.3, 0.4) is 0 Å². The molecule has 49 heavy (non-hydrogen) atoms. The summed E-state index contributed by atoms with van der Waals surface area (Å²) in [5, 5.41) is 2.37. The second kappa shape index (κ2) is 11.8. The Bertz CT molecular complexity index is 2040. The van der Waals surface area contributed by atoms with Gasteiger partial charge in [-0.05, 0) is 67.7 Å². The van der Waals surface area contributed by atoms with Crippen molar-refractivity contribution in [3.05, 3.63) is 70.0 Å². The molecular weight excluding hydrogens is 628 g/mol. The standard InChI is InChI=1S/C36H38N6O7/c1-39-16-25(32-31(35(39)46)37-20-49-32)22-12-28(47-2)26(29(13-22)48-3)17-40-10-8-36(9-11-40)18-41(19-36)23-5-4-21-15-42(34(45)24(21)14-23)27-6-7-30(43)38-33(27)44/h4-5,12-14,16,20,27H,6-11,15,17-19H2,1-3H3,(H,38,43,44). The van der Waals surface area contributed by atoms with E-state index in [0.29, 0.717) is 42.2 Å². The number of amides is 3. The van der Waals surface area contributed by atoms with Gasteiger partial charge in [-0.1, -0.05) is 6.07 Å². The highest BCUT2D eigenvalue weighted by atomic mass is 16.5. The molecule has 0 saturated carbocycles. The van der Waals surface area contributed by atoms with E-state index in [9.17, 15) is 19.2 Å². The van der Waals surface area contributed by atoms with E-state index in [1.807, 2.05) is 24.3 Å². The van der Waals surface area contributed by atoms with Gasteiger partial charge >= 0.3 is 0 Å². The van der Waals surface area contributed by atoms with Crippen molar-refractivity contribution in [1.82, 2.24) is 24.7 Å². The number of ether oxygens (including phenoxy) is 2. The van der Waals surface area contributed by atoms with Gasteiger partial charge in [0.15, 0.2) is 17.5 Å². The molecule has 6 heterocycles. The molecule has 13 nitrogen and oxygen atoms in total. The number of hydrogen-bond donors (Lipinski definition) is 1. The maximum Gasteiger partial charge on any atom is 0.280 e. The summed E-state index contributed by atoms with van der Waals surface area (Å²) in [4.78, 5) is 60.4. The van der Waals surface area contributed by atoms with Gasteiger partial charge < -0.3 is 28.3 Å². The van der Waals surface area contributed by atoms with Crippen LogP contribution in [0.1, 0.15) is 47.2 Å². The first kappa shape index (κ1) is 31.1. The Hall–Kier alpha value is -5.17. The second-order valence-corrected chi connectivity index (χ2v) is 13.7. The summed E-state index contributed by atoms with van der Waals surface area (Å²) in [7, 11) is 5.00. The van der Waals surface area contributed by atoms with Crippen molar-refractivity contribution < 1.29 is 28.3 Å². The second-order valence-electron chi connectivity index (χ2n) is 13.7. The minimum Gasteiger partial charge on any atom is -0.496 e. The van der Waals surface area contributed by atoms with Gasteiger partial charge in [-0.25, -0.2) is 4.98 Å². The largest absolute Gasteiger partial charge is 0.496 e. The normalized spacial score (nSPS) is 20.5. The summed E-state index contributed by atoms with van der Waals surface area (Å²) in [6, 6.07) is 9.35. The van der Waals surface area contributed by atoms with Crippen molar-refractivity contribution in [2.24, 2.45) is 12.5 Å². The number of likely N-dealkylation sites (tertiary alicyclic amines) is 1. The lowest BCUT2D eigenvalue weighted by atomic mass is 9.71. The number of aromatic nitrogens is 2. The molecule has 254 valence electrons. The fraction of sp³-hybridized carbons (Fsp3) is 0.417. The fourth-order valence-corrected chi connectivity index (χ4v) is 7.98. The molecule has 0 bridgehead atoms. The molecule has 4 aliphatic heterocycles. The van der Waals surface area contributed by atoms with E-state index in [4.69, 9.17) is 13.9 Å². The Morgan fingerprint density at radius 1 is 1.00 bits per heavy atom. The Kier molecular flexibility index (Phi) is 7.47. The highest BCUT2D eigenvalue weighted by Gasteiger charge is 2.46. The zero-order valence-electron chi connectivity index (χ0n) is 27.8. The maximum absolute atomic E-state index is 13.3. The predicted molar refractivity (Wildman–Crippen MR) is 179 cm³/mol. The number of carbonyl (C=O) groups excluding carboxylic acids is 3. The van der Waals surface area contributed by atoms with E-state index in [1.54, 1.807) is 32.4 Å². The Morgan fingerprint density at radius 2 is 1.73 bits per heavy atom. The van der Waals surface area contributed by atoms with Crippen LogP contribution in [0.4, 0.5) is 5.69 Å². The minimum atomic E-state index is -0.609. The molecule has 8 rings (SSSR count). The monoisotopic (exact) mass is 666 g/mol. The smallest absolute Gasteiger partial charge is 0.280 e. The Labute approximate surface area is 282 Å². The highest BCUT2D eigenvalue weighted by molar-refractivity contribution is 6.05. The number of anilines is 1. The van der Waals surface area contributed by atoms with Crippen molar-refractivity contribution in [2.45, 2.75) is 44.8 Å². The van der Waals surface area contributed by atoms with Crippen molar-refractivity contribution in [3.8, 4) is 22.6 Å². The quantitative estimate of drug-likeness (QED) is 0.293. The highest BCUT2D eigenvalue weighted by Crippen LogP contribution is 2.45. The first-order valence-electron chi connectivity index (χ1n) is 16.6. The first-order chi connectivity index (χ1) is 23.7. The topological polar surface area (TPSA) is 139 Å². The Morgan fingerprint density at radius 3 is 2.43 bits per heavy atom. The number of oxazole rings is 1. The molecule has 3 saturated heterocycles. The van der Waals surface area contributed by atoms with E-state index < -0.39 is 11.9 Å². The number of methoxy groups -OCH3 is 2. The molecule has 3 fully saturated rings. The van der Waals surface area contributed by atoms with E-state index in [2.05, 4.69) is 26.2 Å². The lowest BCUT2D eigenvalue weighted by Crippen LogP contribution is -2.60. The van der Waals surface area contributed by atoms with Crippen LogP contribution in [-0.2, 0) is 29.7 Å². The van der Waals surface area contributed by atoms with E-state index >= 15 is 0 Å². The Balaban J connectivity index is 0.925. The van der Waals surface area contributed by atoms with Crippen molar-refractivity contribution in [1.29, 1.82) is 0 Å². The lowest BCUT2D eigenvalue weighted by Gasteiger charge is -2.55. The molecule has 1 spiro atoms. The van der Waals surface area contributed by atoms with Crippen molar-refractivity contribution in [3.63, 3.8) is 0 Å². The van der Waals surface area contributed by atoms with Gasteiger partial charge in [0.05, 0.1) is 19.8 Å². The lowest BCUT2D eigenvalue weighted by molar-refractivity contribution is -0.136. The average Bonchev–Trinajstić information content (AvgIpc) is 3.71. The zero-order chi connectivity index (χ0) is 34.0. The van der Waals surface area contributed by atoms with Crippen molar-refractivity contribution >= 4 is 34.5 Å². The van der Waals surface area contributed by atoms with Gasteiger partial charge in [-0.2, -0.15) is 0 Å². The van der Waals surface area contributed by atoms with Gasteiger partial charge in [0.2, 0.25) is 11.8 Å². The third-order valence-corrected chi connectivity index (χ3v) is 10.8. The predicted octanol–water partition coefficient (Wildman–Crippen LogP) is 3.07. The molecule has 1 atom stereocenters. The summed E-state index contributed by atoms with van der Waals surface area (Å²) in [5.74, 6) is 0.584. The van der Waals surface area contributed by atoms with Gasteiger partial charge in [-0.15, -0.1) is 0 Å². The van der Waals surface area contributed by atoms with Crippen LogP contribution in [0.5, 0.6) is 11.5 Å². The number of nitrogens with one attached hydrogen (secondary N) is 1. The van der Waals surface area contributed by atoms with Gasteiger partial charge in [0, 0.05) is 68.1 Å². The molecule has 13 heteroatoms. The average molecular weight is 667 g/mol. The van der Waals surface area contributed by atoms with Crippen molar-refractivity contribution in [2.75, 3.05) is 45.3 Å². The third kappa shape index (κ3) is 5.23. The zero-order valence-corrected chi connectivity index (χ0v) is 27.8. The van der Waals surface area contributed by atoms with Crippen LogP contribution < -0.4 is 25.2 Å². The maximum atomic E-state index is 13.3. The summed E-state index contributed by atoms with van der Waals surface area (Å²) < 4.78 is 18.9. The van der Waals surface area contributed by atoms with Crippen LogP contribution in [0.15, 0.2) is 52.1 Å². The molecule has 1 unspecified atom stereocenters. The SMILES string of the molecule is COc1cc(-c2cn(C)c(=O)c3ncoc23)cc(OC)c1CN1CCC2(CC1)CN(c1ccc3c(c1)C(=O)N(C1CCC(=O)NC1=O)C3)C2. The molecule has 3 amide bonds. The number of benzene rings is 2. The molecule has 4 aromatic rings. The van der Waals surface area contributed by atoms with E-state index in [1.165, 1.54) is 11.0 Å². The van der Waals surface area contributed by atoms with E-state index in [0.717, 1.165) is 67.0 Å². The summed E-state index contributed by atoms with van der Waals surface area (Å²) in [6.07, 6.45) is 5.74. The van der Waals surface area contributed by atoms with Crippen LogP contribution >= 0.6 is 0 Å².